The van der Waals surface area contributed by atoms with Crippen LogP contribution in [0.5, 0.6) is 5.75 Å². The van der Waals surface area contributed by atoms with E-state index in [2.05, 4.69) is 9.97 Å². The molecule has 0 spiro atoms. The summed E-state index contributed by atoms with van der Waals surface area (Å²) in [5.74, 6) is -1.54. The summed E-state index contributed by atoms with van der Waals surface area (Å²) >= 11 is 1.29. The van der Waals surface area contributed by atoms with Crippen molar-refractivity contribution in [2.75, 3.05) is 0 Å². The molecule has 0 unspecified atom stereocenters. The Morgan fingerprint density at radius 1 is 1.20 bits per heavy atom. The molecule has 1 aliphatic rings. The normalized spacial score (nSPS) is 15.4. The minimum absolute atomic E-state index is 0.0337. The van der Waals surface area contributed by atoms with Crippen molar-refractivity contribution in [1.82, 2.24) is 14.9 Å². The van der Waals surface area contributed by atoms with Crippen molar-refractivity contribution < 1.29 is 23.0 Å². The maximum atomic E-state index is 15.6. The molecule has 210 valence electrons. The lowest BCUT2D eigenvalue weighted by Crippen LogP contribution is -2.45. The van der Waals surface area contributed by atoms with Crippen LogP contribution >= 0.6 is 11.3 Å². The average Bonchev–Trinajstić information content (AvgIpc) is 3.33. The summed E-state index contributed by atoms with van der Waals surface area (Å²) in [6.07, 6.45) is 1.39. The van der Waals surface area contributed by atoms with Gasteiger partial charge in [-0.25, -0.2) is 13.6 Å². The molecule has 0 aliphatic carbocycles. The van der Waals surface area contributed by atoms with E-state index in [1.807, 2.05) is 33.8 Å². The second kappa shape index (κ2) is 10.3. The highest BCUT2D eigenvalue weighted by molar-refractivity contribution is 7.17. The first kappa shape index (κ1) is 27.8. The molecule has 40 heavy (non-hydrogen) atoms. The standard InChI is InChI=1S/C30H31F2N3O4S/c1-15(2)38-23-12-19(31)11-21(32)24(23)25-26(34-28(36)20-7-8-40-27(20)25)17-10-18-14-35(29(37)39-30(4,5)6)16(3)9-22(18)33-13-17/h7-8,10-13,15-16H,9,14H2,1-6H3,(H,34,36)/t16-/m1/s1. The number of ether oxygens (including phenoxy) is 2. The third-order valence-corrected chi connectivity index (χ3v) is 7.53. The van der Waals surface area contributed by atoms with Crippen molar-refractivity contribution >= 4 is 27.5 Å². The Kier molecular flexibility index (Phi) is 7.16. The molecule has 4 aromatic rings. The molecule has 1 atom stereocenters. The third-order valence-electron chi connectivity index (χ3n) is 6.59. The number of H-pyrrole nitrogens is 1. The fourth-order valence-corrected chi connectivity index (χ4v) is 5.87. The summed E-state index contributed by atoms with van der Waals surface area (Å²) in [5, 5.41) is 2.14. The van der Waals surface area contributed by atoms with Gasteiger partial charge in [-0.05, 0) is 64.6 Å². The quantitative estimate of drug-likeness (QED) is 0.285. The number of pyridine rings is 2. The summed E-state index contributed by atoms with van der Waals surface area (Å²) in [7, 11) is 0. The van der Waals surface area contributed by atoms with Crippen LogP contribution in [0.2, 0.25) is 0 Å². The second-order valence-corrected chi connectivity index (χ2v) is 12.2. The van der Waals surface area contributed by atoms with E-state index in [1.165, 1.54) is 11.3 Å². The number of thiophene rings is 1. The van der Waals surface area contributed by atoms with Gasteiger partial charge in [-0.3, -0.25) is 9.78 Å². The number of hydrogen-bond donors (Lipinski definition) is 1. The number of nitrogens with one attached hydrogen (secondary N) is 1. The number of carbonyl (C=O) groups excluding carboxylic acids is 1. The van der Waals surface area contributed by atoms with Crippen molar-refractivity contribution in [3.05, 3.63) is 69.1 Å². The molecule has 7 nitrogen and oxygen atoms in total. The largest absolute Gasteiger partial charge is 0.490 e. The van der Waals surface area contributed by atoms with Gasteiger partial charge in [-0.1, -0.05) is 0 Å². The van der Waals surface area contributed by atoms with Gasteiger partial charge in [0.15, 0.2) is 0 Å². The Labute approximate surface area is 234 Å². The highest BCUT2D eigenvalue weighted by Crippen LogP contribution is 2.44. The van der Waals surface area contributed by atoms with E-state index in [0.29, 0.717) is 33.3 Å². The Morgan fingerprint density at radius 2 is 1.95 bits per heavy atom. The van der Waals surface area contributed by atoms with Gasteiger partial charge in [0.05, 0.1) is 29.3 Å². The summed E-state index contributed by atoms with van der Waals surface area (Å²) < 4.78 is 41.9. The van der Waals surface area contributed by atoms with Crippen LogP contribution in [0.25, 0.3) is 32.5 Å². The van der Waals surface area contributed by atoms with Gasteiger partial charge in [0.1, 0.15) is 23.0 Å². The molecule has 4 heterocycles. The Balaban J connectivity index is 1.69. The number of benzene rings is 1. The minimum atomic E-state index is -0.811. The molecule has 1 N–H and O–H groups in total. The van der Waals surface area contributed by atoms with Crippen LogP contribution in [0.1, 0.15) is 52.8 Å². The second-order valence-electron chi connectivity index (χ2n) is 11.3. The molecule has 1 aliphatic heterocycles. The predicted molar refractivity (Wildman–Crippen MR) is 152 cm³/mol. The zero-order valence-electron chi connectivity index (χ0n) is 23.2. The van der Waals surface area contributed by atoms with Gasteiger partial charge in [0, 0.05) is 52.3 Å². The van der Waals surface area contributed by atoms with E-state index >= 15 is 4.39 Å². The Morgan fingerprint density at radius 3 is 2.65 bits per heavy atom. The highest BCUT2D eigenvalue weighted by Gasteiger charge is 2.32. The SMILES string of the molecule is CC(C)Oc1cc(F)cc(F)c1-c1c(-c2cnc3c(c2)CN(C(=O)OC(C)(C)C)[C@H](C)C3)[nH]c(=O)c2ccsc12. The lowest BCUT2D eigenvalue weighted by atomic mass is 9.94. The smallest absolute Gasteiger partial charge is 0.410 e. The van der Waals surface area contributed by atoms with E-state index in [4.69, 9.17) is 9.47 Å². The molecule has 0 saturated carbocycles. The lowest BCUT2D eigenvalue weighted by Gasteiger charge is -2.35. The van der Waals surface area contributed by atoms with Gasteiger partial charge in [-0.15, -0.1) is 11.3 Å². The van der Waals surface area contributed by atoms with E-state index in [9.17, 15) is 14.0 Å². The maximum Gasteiger partial charge on any atom is 0.410 e. The third kappa shape index (κ3) is 5.32. The molecule has 1 aromatic carbocycles. The number of carbonyl (C=O) groups is 1. The van der Waals surface area contributed by atoms with E-state index in [1.54, 1.807) is 36.4 Å². The predicted octanol–water partition coefficient (Wildman–Crippen LogP) is 7.07. The van der Waals surface area contributed by atoms with Crippen molar-refractivity contribution in [3.8, 4) is 28.1 Å². The Bertz CT molecular complexity index is 1670. The average molecular weight is 568 g/mol. The molecular formula is C30H31F2N3O4S. The molecule has 0 fully saturated rings. The van der Waals surface area contributed by atoms with Gasteiger partial charge in [0.2, 0.25) is 0 Å². The van der Waals surface area contributed by atoms with Gasteiger partial charge in [0.25, 0.3) is 5.56 Å². The van der Waals surface area contributed by atoms with E-state index in [-0.39, 0.29) is 35.6 Å². The minimum Gasteiger partial charge on any atom is -0.490 e. The van der Waals surface area contributed by atoms with Crippen molar-refractivity contribution in [3.63, 3.8) is 0 Å². The molecule has 1 amide bonds. The zero-order chi connectivity index (χ0) is 28.9. The number of hydrogen-bond acceptors (Lipinski definition) is 6. The fourth-order valence-electron chi connectivity index (χ4n) is 4.92. The number of halogens is 2. The lowest BCUT2D eigenvalue weighted by molar-refractivity contribution is 0.0136. The van der Waals surface area contributed by atoms with Crippen molar-refractivity contribution in [2.45, 2.75) is 72.3 Å². The van der Waals surface area contributed by atoms with Crippen LogP contribution in [0.15, 0.2) is 40.6 Å². The van der Waals surface area contributed by atoms with Crippen molar-refractivity contribution in [2.24, 2.45) is 0 Å². The van der Waals surface area contributed by atoms with Crippen molar-refractivity contribution in [1.29, 1.82) is 0 Å². The van der Waals surface area contributed by atoms with Gasteiger partial charge in [-0.2, -0.15) is 0 Å². The molecule has 5 rings (SSSR count). The number of nitrogens with zero attached hydrogens (tertiary/aromatic N) is 2. The molecule has 0 saturated heterocycles. The number of aromatic amines is 1. The molecule has 0 bridgehead atoms. The zero-order valence-corrected chi connectivity index (χ0v) is 24.0. The monoisotopic (exact) mass is 567 g/mol. The number of amides is 1. The number of rotatable bonds is 4. The summed E-state index contributed by atoms with van der Waals surface area (Å²) in [6, 6.07) is 5.36. The summed E-state index contributed by atoms with van der Waals surface area (Å²) in [4.78, 5) is 35.3. The van der Waals surface area contributed by atoms with Crippen LogP contribution < -0.4 is 10.3 Å². The van der Waals surface area contributed by atoms with Crippen LogP contribution in [-0.2, 0) is 17.7 Å². The fraction of sp³-hybridized carbons (Fsp3) is 0.367. The van der Waals surface area contributed by atoms with Crippen LogP contribution in [0.3, 0.4) is 0 Å². The Hall–Kier alpha value is -3.79. The van der Waals surface area contributed by atoms with Gasteiger partial charge < -0.3 is 19.4 Å². The summed E-state index contributed by atoms with van der Waals surface area (Å²) in [6.45, 7) is 11.2. The first-order valence-electron chi connectivity index (χ1n) is 13.1. The highest BCUT2D eigenvalue weighted by atomic mass is 32.1. The van der Waals surface area contributed by atoms with Crippen LogP contribution in [-0.4, -0.2) is 38.7 Å². The molecule has 0 radical (unpaired) electrons. The van der Waals surface area contributed by atoms with Crippen LogP contribution in [0.4, 0.5) is 13.6 Å². The van der Waals surface area contributed by atoms with Crippen LogP contribution in [0, 0.1) is 11.6 Å². The van der Waals surface area contributed by atoms with E-state index < -0.39 is 23.3 Å². The first-order valence-corrected chi connectivity index (χ1v) is 14.0. The topological polar surface area (TPSA) is 84.5 Å². The molecule has 10 heteroatoms. The van der Waals surface area contributed by atoms with E-state index in [0.717, 1.165) is 23.4 Å². The first-order chi connectivity index (χ1) is 18.8. The molecule has 3 aromatic heterocycles. The van der Waals surface area contributed by atoms with Gasteiger partial charge >= 0.3 is 6.09 Å². The number of fused-ring (bicyclic) bond motifs is 2. The molecular weight excluding hydrogens is 536 g/mol. The maximum absolute atomic E-state index is 15.6. The summed E-state index contributed by atoms with van der Waals surface area (Å²) in [5.41, 5.74) is 1.92. The number of aromatic nitrogens is 2.